The molecule has 0 saturated heterocycles. The highest BCUT2D eigenvalue weighted by atomic mass is 16.6. The molecule has 2 aromatic carbocycles. The summed E-state index contributed by atoms with van der Waals surface area (Å²) in [7, 11) is 0. The Bertz CT molecular complexity index is 779. The van der Waals surface area contributed by atoms with E-state index in [1.807, 2.05) is 0 Å². The number of fused-ring (bicyclic) bond motifs is 1. The van der Waals surface area contributed by atoms with Gasteiger partial charge in [-0.25, -0.2) is 0 Å². The Morgan fingerprint density at radius 1 is 1.21 bits per heavy atom. The molecule has 0 aliphatic carbocycles. The molecule has 0 fully saturated rings. The standard InChI is InChI=1S/C13H10N4O2/c14-8-5-6-9-11(7-8)15-16-13(9)10-3-1-2-4-12(10)17(18)19/h1-7H,14H2,(H,15,16). The molecule has 6 nitrogen and oxygen atoms in total. The van der Waals surface area contributed by atoms with Crippen LogP contribution in [0.15, 0.2) is 42.5 Å². The lowest BCUT2D eigenvalue weighted by Gasteiger charge is -2.00. The van der Waals surface area contributed by atoms with Crippen LogP contribution in [-0.2, 0) is 0 Å². The summed E-state index contributed by atoms with van der Waals surface area (Å²) in [6, 6.07) is 11.8. The number of aromatic amines is 1. The first-order valence-corrected chi connectivity index (χ1v) is 5.64. The van der Waals surface area contributed by atoms with Crippen LogP contribution in [0.3, 0.4) is 0 Å². The van der Waals surface area contributed by atoms with E-state index in [0.717, 1.165) is 10.9 Å². The van der Waals surface area contributed by atoms with Crippen molar-refractivity contribution in [2.75, 3.05) is 5.73 Å². The van der Waals surface area contributed by atoms with Gasteiger partial charge in [0.2, 0.25) is 0 Å². The van der Waals surface area contributed by atoms with Crippen molar-refractivity contribution in [2.45, 2.75) is 0 Å². The Hall–Kier alpha value is -2.89. The van der Waals surface area contributed by atoms with Crippen LogP contribution in [0.1, 0.15) is 0 Å². The average Bonchev–Trinajstić information content (AvgIpc) is 2.81. The van der Waals surface area contributed by atoms with Crippen molar-refractivity contribution in [3.8, 4) is 11.3 Å². The van der Waals surface area contributed by atoms with E-state index in [1.54, 1.807) is 36.4 Å². The summed E-state index contributed by atoms with van der Waals surface area (Å²) in [6.45, 7) is 0. The molecule has 1 heterocycles. The van der Waals surface area contributed by atoms with Crippen molar-refractivity contribution < 1.29 is 4.92 Å². The van der Waals surface area contributed by atoms with Crippen LogP contribution in [0.25, 0.3) is 22.2 Å². The molecule has 0 saturated carbocycles. The number of hydrogen-bond acceptors (Lipinski definition) is 4. The lowest BCUT2D eigenvalue weighted by molar-refractivity contribution is -0.384. The molecule has 0 bridgehead atoms. The maximum Gasteiger partial charge on any atom is 0.278 e. The summed E-state index contributed by atoms with van der Waals surface area (Å²) < 4.78 is 0. The first-order chi connectivity index (χ1) is 9.16. The minimum absolute atomic E-state index is 0.0349. The van der Waals surface area contributed by atoms with Crippen molar-refractivity contribution in [3.05, 3.63) is 52.6 Å². The number of nitro groups is 1. The number of nitrogen functional groups attached to an aromatic ring is 1. The molecular formula is C13H10N4O2. The topological polar surface area (TPSA) is 97.8 Å². The number of aromatic nitrogens is 2. The van der Waals surface area contributed by atoms with Crippen LogP contribution in [0.2, 0.25) is 0 Å². The Morgan fingerprint density at radius 2 is 2.00 bits per heavy atom. The van der Waals surface area contributed by atoms with Gasteiger partial charge in [-0.1, -0.05) is 12.1 Å². The molecule has 94 valence electrons. The smallest absolute Gasteiger partial charge is 0.278 e. The zero-order valence-electron chi connectivity index (χ0n) is 9.83. The monoisotopic (exact) mass is 254 g/mol. The van der Waals surface area contributed by atoms with Gasteiger partial charge in [-0.2, -0.15) is 5.10 Å². The van der Waals surface area contributed by atoms with Gasteiger partial charge >= 0.3 is 0 Å². The Labute approximate surface area is 108 Å². The molecule has 0 aliphatic heterocycles. The number of hydrogen-bond donors (Lipinski definition) is 2. The lowest BCUT2D eigenvalue weighted by atomic mass is 10.1. The molecule has 3 rings (SSSR count). The second kappa shape index (κ2) is 4.09. The number of nitrogens with zero attached hydrogens (tertiary/aromatic N) is 2. The highest BCUT2D eigenvalue weighted by molar-refractivity contribution is 5.96. The van der Waals surface area contributed by atoms with Crippen LogP contribution in [-0.4, -0.2) is 15.1 Å². The Morgan fingerprint density at radius 3 is 2.79 bits per heavy atom. The molecule has 19 heavy (non-hydrogen) atoms. The molecule has 6 heteroatoms. The average molecular weight is 254 g/mol. The van der Waals surface area contributed by atoms with Gasteiger partial charge in [0.25, 0.3) is 5.69 Å². The van der Waals surface area contributed by atoms with E-state index in [2.05, 4.69) is 10.2 Å². The summed E-state index contributed by atoms with van der Waals surface area (Å²) in [5, 5.41) is 18.9. The molecule has 0 spiro atoms. The van der Waals surface area contributed by atoms with Crippen LogP contribution < -0.4 is 5.73 Å². The zero-order valence-corrected chi connectivity index (χ0v) is 9.83. The number of nitrogens with one attached hydrogen (secondary N) is 1. The number of H-pyrrole nitrogens is 1. The molecule has 3 N–H and O–H groups in total. The number of nitrogens with two attached hydrogens (primary N) is 1. The van der Waals surface area contributed by atoms with Crippen molar-refractivity contribution in [2.24, 2.45) is 0 Å². The summed E-state index contributed by atoms with van der Waals surface area (Å²) >= 11 is 0. The van der Waals surface area contributed by atoms with Gasteiger partial charge in [0.15, 0.2) is 0 Å². The number of anilines is 1. The first-order valence-electron chi connectivity index (χ1n) is 5.64. The number of benzene rings is 2. The third-order valence-corrected chi connectivity index (χ3v) is 2.94. The van der Waals surface area contributed by atoms with Crippen LogP contribution >= 0.6 is 0 Å². The normalized spacial score (nSPS) is 10.7. The molecular weight excluding hydrogens is 244 g/mol. The lowest BCUT2D eigenvalue weighted by Crippen LogP contribution is -1.92. The van der Waals surface area contributed by atoms with E-state index < -0.39 is 4.92 Å². The number of rotatable bonds is 2. The van der Waals surface area contributed by atoms with E-state index in [0.29, 0.717) is 16.9 Å². The summed E-state index contributed by atoms with van der Waals surface area (Å²) in [6.07, 6.45) is 0. The highest BCUT2D eigenvalue weighted by Gasteiger charge is 2.18. The largest absolute Gasteiger partial charge is 0.399 e. The predicted octanol–water partition coefficient (Wildman–Crippen LogP) is 2.72. The fourth-order valence-corrected chi connectivity index (χ4v) is 2.08. The summed E-state index contributed by atoms with van der Waals surface area (Å²) in [5.41, 5.74) is 8.15. The number of para-hydroxylation sites is 1. The van der Waals surface area contributed by atoms with Gasteiger partial charge in [0, 0.05) is 17.1 Å². The molecule has 0 aliphatic rings. The van der Waals surface area contributed by atoms with E-state index in [1.165, 1.54) is 6.07 Å². The highest BCUT2D eigenvalue weighted by Crippen LogP contribution is 2.33. The SMILES string of the molecule is Nc1ccc2c(-c3ccccc3[N+](=O)[O-])n[nH]c2c1. The van der Waals surface area contributed by atoms with Gasteiger partial charge in [-0.3, -0.25) is 15.2 Å². The van der Waals surface area contributed by atoms with E-state index in [4.69, 9.17) is 5.73 Å². The third-order valence-electron chi connectivity index (χ3n) is 2.94. The minimum atomic E-state index is -0.410. The van der Waals surface area contributed by atoms with Gasteiger partial charge < -0.3 is 5.73 Å². The molecule has 1 aromatic heterocycles. The second-order valence-corrected chi connectivity index (χ2v) is 4.15. The summed E-state index contributed by atoms with van der Waals surface area (Å²) in [4.78, 5) is 10.6. The van der Waals surface area contributed by atoms with Gasteiger partial charge in [-0.15, -0.1) is 0 Å². The number of nitro benzene ring substituents is 1. The van der Waals surface area contributed by atoms with Crippen molar-refractivity contribution in [1.29, 1.82) is 0 Å². The van der Waals surface area contributed by atoms with E-state index in [-0.39, 0.29) is 5.69 Å². The molecule has 0 amide bonds. The predicted molar refractivity (Wildman–Crippen MR) is 72.6 cm³/mol. The van der Waals surface area contributed by atoms with Crippen molar-refractivity contribution in [3.63, 3.8) is 0 Å². The maximum atomic E-state index is 11.1. The first kappa shape index (κ1) is 11.2. The Balaban J connectivity index is 2.28. The summed E-state index contributed by atoms with van der Waals surface area (Å²) in [5.74, 6) is 0. The van der Waals surface area contributed by atoms with E-state index in [9.17, 15) is 10.1 Å². The van der Waals surface area contributed by atoms with Crippen LogP contribution in [0.4, 0.5) is 11.4 Å². The minimum Gasteiger partial charge on any atom is -0.399 e. The molecule has 0 radical (unpaired) electrons. The third kappa shape index (κ3) is 1.79. The van der Waals surface area contributed by atoms with Gasteiger partial charge in [0.1, 0.15) is 5.69 Å². The van der Waals surface area contributed by atoms with E-state index >= 15 is 0 Å². The van der Waals surface area contributed by atoms with Crippen LogP contribution in [0.5, 0.6) is 0 Å². The van der Waals surface area contributed by atoms with Crippen molar-refractivity contribution in [1.82, 2.24) is 10.2 Å². The fraction of sp³-hybridized carbons (Fsp3) is 0. The quantitative estimate of drug-likeness (QED) is 0.417. The maximum absolute atomic E-state index is 11.1. The molecule has 0 unspecified atom stereocenters. The second-order valence-electron chi connectivity index (χ2n) is 4.15. The zero-order chi connectivity index (χ0) is 13.4. The Kier molecular flexibility index (Phi) is 2.42. The van der Waals surface area contributed by atoms with Gasteiger partial charge in [0.05, 0.1) is 16.0 Å². The molecule has 3 aromatic rings. The van der Waals surface area contributed by atoms with Gasteiger partial charge in [-0.05, 0) is 24.3 Å². The van der Waals surface area contributed by atoms with Crippen molar-refractivity contribution >= 4 is 22.3 Å². The molecule has 0 atom stereocenters. The fourth-order valence-electron chi connectivity index (χ4n) is 2.08. The van der Waals surface area contributed by atoms with Crippen LogP contribution in [0, 0.1) is 10.1 Å².